The monoisotopic (exact) mass is 157 g/mol. The number of nitrogens with zero attached hydrogens (tertiary/aromatic N) is 1. The molecule has 0 aliphatic carbocycles. The molecular formula is C7H11NO3. The fourth-order valence-corrected chi connectivity index (χ4v) is 0.549. The molecule has 0 amide bonds. The van der Waals surface area contributed by atoms with Gasteiger partial charge in [0.2, 0.25) is 0 Å². The van der Waals surface area contributed by atoms with E-state index in [2.05, 4.69) is 16.5 Å². The lowest BCUT2D eigenvalue weighted by Crippen LogP contribution is -2.15. The van der Waals surface area contributed by atoms with Crippen LogP contribution in [0.1, 0.15) is 12.8 Å². The van der Waals surface area contributed by atoms with Crippen LogP contribution < -0.4 is 0 Å². The molecule has 0 aromatic carbocycles. The molecule has 0 aliphatic rings. The third-order valence-corrected chi connectivity index (χ3v) is 1.13. The van der Waals surface area contributed by atoms with Crippen molar-refractivity contribution in [1.82, 2.24) is 0 Å². The quantitative estimate of drug-likeness (QED) is 0.217. The summed E-state index contributed by atoms with van der Waals surface area (Å²) in [7, 11) is 1.24. The van der Waals surface area contributed by atoms with Crippen LogP contribution in [-0.2, 0) is 9.53 Å². The molecule has 0 aliphatic heterocycles. The predicted molar refractivity (Wildman–Crippen MR) is 40.7 cm³/mol. The van der Waals surface area contributed by atoms with Gasteiger partial charge in [0.1, 0.15) is 0 Å². The molecule has 0 aromatic rings. The number of rotatable bonds is 4. The first kappa shape index (κ1) is 9.68. The fourth-order valence-electron chi connectivity index (χ4n) is 0.549. The van der Waals surface area contributed by atoms with Crippen molar-refractivity contribution in [1.29, 1.82) is 0 Å². The van der Waals surface area contributed by atoms with Crippen LogP contribution in [0.4, 0.5) is 0 Å². The first-order valence-electron chi connectivity index (χ1n) is 3.16. The van der Waals surface area contributed by atoms with Gasteiger partial charge in [0.25, 0.3) is 0 Å². The van der Waals surface area contributed by atoms with Gasteiger partial charge >= 0.3 is 5.97 Å². The highest BCUT2D eigenvalue weighted by Crippen LogP contribution is 1.95. The molecule has 4 nitrogen and oxygen atoms in total. The predicted octanol–water partition coefficient (Wildman–Crippen LogP) is 0.956. The Kier molecular flexibility index (Phi) is 4.81. The second-order valence-electron chi connectivity index (χ2n) is 1.87. The first-order chi connectivity index (χ1) is 5.26. The largest absolute Gasteiger partial charge is 0.464 e. The van der Waals surface area contributed by atoms with Crippen molar-refractivity contribution in [2.24, 2.45) is 5.16 Å². The third kappa shape index (κ3) is 3.40. The summed E-state index contributed by atoms with van der Waals surface area (Å²) in [5, 5.41) is 11.1. The molecule has 0 radical (unpaired) electrons. The van der Waals surface area contributed by atoms with E-state index in [9.17, 15) is 4.79 Å². The number of hydrogen-bond acceptors (Lipinski definition) is 4. The normalized spacial score (nSPS) is 10.8. The maximum absolute atomic E-state index is 10.7. The maximum Gasteiger partial charge on any atom is 0.355 e. The van der Waals surface area contributed by atoms with Gasteiger partial charge < -0.3 is 9.94 Å². The van der Waals surface area contributed by atoms with Crippen LogP contribution >= 0.6 is 0 Å². The van der Waals surface area contributed by atoms with Crippen molar-refractivity contribution in [3.8, 4) is 0 Å². The standard InChI is InChI=1S/C7H11NO3/c1-3-4-5-6(8-10)7(9)11-2/h3,10H,1,4-5H2,2H3. The zero-order chi connectivity index (χ0) is 8.69. The van der Waals surface area contributed by atoms with Gasteiger partial charge in [-0.2, -0.15) is 0 Å². The van der Waals surface area contributed by atoms with Gasteiger partial charge in [0.05, 0.1) is 7.11 Å². The lowest BCUT2D eigenvalue weighted by Gasteiger charge is -1.98. The van der Waals surface area contributed by atoms with Crippen molar-refractivity contribution < 1.29 is 14.7 Å². The fraction of sp³-hybridized carbons (Fsp3) is 0.429. The summed E-state index contributed by atoms with van der Waals surface area (Å²) < 4.78 is 4.34. The molecule has 0 unspecified atom stereocenters. The van der Waals surface area contributed by atoms with E-state index < -0.39 is 5.97 Å². The lowest BCUT2D eigenvalue weighted by atomic mass is 10.2. The molecule has 0 saturated carbocycles. The van der Waals surface area contributed by atoms with E-state index in [1.807, 2.05) is 0 Å². The molecule has 0 aromatic heterocycles. The number of ether oxygens (including phenoxy) is 1. The van der Waals surface area contributed by atoms with E-state index in [1.54, 1.807) is 6.08 Å². The Balaban J connectivity index is 3.97. The van der Waals surface area contributed by atoms with Crippen LogP contribution in [0.2, 0.25) is 0 Å². The number of hydrogen-bond donors (Lipinski definition) is 1. The van der Waals surface area contributed by atoms with E-state index in [0.717, 1.165) is 0 Å². The van der Waals surface area contributed by atoms with E-state index in [-0.39, 0.29) is 5.71 Å². The van der Waals surface area contributed by atoms with Gasteiger partial charge in [-0.25, -0.2) is 4.79 Å². The van der Waals surface area contributed by atoms with E-state index in [0.29, 0.717) is 12.8 Å². The molecule has 0 heterocycles. The van der Waals surface area contributed by atoms with Gasteiger partial charge in [0.15, 0.2) is 5.71 Å². The topological polar surface area (TPSA) is 58.9 Å². The van der Waals surface area contributed by atoms with Crippen LogP contribution in [0.15, 0.2) is 17.8 Å². The Bertz CT molecular complexity index is 175. The van der Waals surface area contributed by atoms with Gasteiger partial charge in [-0.3, -0.25) is 0 Å². The van der Waals surface area contributed by atoms with Crippen molar-refractivity contribution in [3.63, 3.8) is 0 Å². The number of methoxy groups -OCH3 is 1. The third-order valence-electron chi connectivity index (χ3n) is 1.13. The molecule has 0 rings (SSSR count). The Labute approximate surface area is 65.2 Å². The molecule has 0 saturated heterocycles. The number of carbonyl (C=O) groups is 1. The summed E-state index contributed by atoms with van der Waals surface area (Å²) in [5.74, 6) is -0.602. The Morgan fingerprint density at radius 2 is 2.45 bits per heavy atom. The van der Waals surface area contributed by atoms with Crippen molar-refractivity contribution in [2.75, 3.05) is 7.11 Å². The Morgan fingerprint density at radius 1 is 1.82 bits per heavy atom. The molecule has 0 fully saturated rings. The van der Waals surface area contributed by atoms with Crippen molar-refractivity contribution >= 4 is 11.7 Å². The van der Waals surface area contributed by atoms with Crippen LogP contribution in [0.5, 0.6) is 0 Å². The second-order valence-corrected chi connectivity index (χ2v) is 1.87. The summed E-state index contributed by atoms with van der Waals surface area (Å²) in [6.45, 7) is 3.46. The van der Waals surface area contributed by atoms with Gasteiger partial charge in [0, 0.05) is 6.42 Å². The van der Waals surface area contributed by atoms with Gasteiger partial charge in [-0.1, -0.05) is 11.2 Å². The first-order valence-corrected chi connectivity index (χ1v) is 3.16. The minimum Gasteiger partial charge on any atom is -0.464 e. The number of allylic oxidation sites excluding steroid dienone is 1. The zero-order valence-corrected chi connectivity index (χ0v) is 6.41. The van der Waals surface area contributed by atoms with Crippen molar-refractivity contribution in [3.05, 3.63) is 12.7 Å². The lowest BCUT2D eigenvalue weighted by molar-refractivity contribution is -0.133. The number of carbonyl (C=O) groups excluding carboxylic acids is 1. The zero-order valence-electron chi connectivity index (χ0n) is 6.41. The molecule has 62 valence electrons. The van der Waals surface area contributed by atoms with Crippen LogP contribution in [0.25, 0.3) is 0 Å². The minimum absolute atomic E-state index is 0.0207. The average molecular weight is 157 g/mol. The highest BCUT2D eigenvalue weighted by Gasteiger charge is 2.10. The molecule has 0 bridgehead atoms. The summed E-state index contributed by atoms with van der Waals surface area (Å²) >= 11 is 0. The smallest absolute Gasteiger partial charge is 0.355 e. The molecule has 4 heteroatoms. The van der Waals surface area contributed by atoms with E-state index in [1.165, 1.54) is 7.11 Å². The Hall–Kier alpha value is -1.32. The Morgan fingerprint density at radius 3 is 2.82 bits per heavy atom. The summed E-state index contributed by atoms with van der Waals surface area (Å²) in [4.78, 5) is 10.7. The average Bonchev–Trinajstić information content (AvgIpc) is 2.05. The molecule has 11 heavy (non-hydrogen) atoms. The van der Waals surface area contributed by atoms with Gasteiger partial charge in [-0.05, 0) is 6.42 Å². The molecular weight excluding hydrogens is 146 g/mol. The number of oxime groups is 1. The minimum atomic E-state index is -0.602. The molecule has 0 spiro atoms. The van der Waals surface area contributed by atoms with Crippen LogP contribution in [0.3, 0.4) is 0 Å². The summed E-state index contributed by atoms with van der Waals surface area (Å²) in [6, 6.07) is 0. The van der Waals surface area contributed by atoms with Crippen molar-refractivity contribution in [2.45, 2.75) is 12.8 Å². The van der Waals surface area contributed by atoms with Gasteiger partial charge in [-0.15, -0.1) is 6.58 Å². The van der Waals surface area contributed by atoms with Crippen LogP contribution in [0, 0.1) is 0 Å². The van der Waals surface area contributed by atoms with E-state index >= 15 is 0 Å². The highest BCUT2D eigenvalue weighted by atomic mass is 16.5. The molecule has 0 atom stereocenters. The highest BCUT2D eigenvalue weighted by molar-refractivity contribution is 6.36. The summed E-state index contributed by atoms with van der Waals surface area (Å²) in [6.07, 6.45) is 2.58. The molecule has 1 N–H and O–H groups in total. The summed E-state index contributed by atoms with van der Waals surface area (Å²) in [5.41, 5.74) is 0.0207. The number of esters is 1. The SMILES string of the molecule is C=CCCC(=NO)C(=O)OC. The maximum atomic E-state index is 10.7. The van der Waals surface area contributed by atoms with Crippen LogP contribution in [-0.4, -0.2) is 24.0 Å². The second kappa shape index (κ2) is 5.46. The van der Waals surface area contributed by atoms with E-state index in [4.69, 9.17) is 5.21 Å².